The number of carbonyl (C=O) groups excluding carboxylic acids is 1. The predicted molar refractivity (Wildman–Crippen MR) is 122 cm³/mol. The van der Waals surface area contributed by atoms with Gasteiger partial charge in [-0.1, -0.05) is 12.1 Å². The summed E-state index contributed by atoms with van der Waals surface area (Å²) in [5.74, 6) is -0.354. The van der Waals surface area contributed by atoms with E-state index in [0.29, 0.717) is 11.3 Å². The summed E-state index contributed by atoms with van der Waals surface area (Å²) >= 11 is 7.22. The average molecular weight is 539 g/mol. The van der Waals surface area contributed by atoms with E-state index in [4.69, 9.17) is 12.2 Å². The lowest BCUT2D eigenvalue weighted by atomic mass is 10.2. The highest BCUT2D eigenvalue weighted by Crippen LogP contribution is 2.16. The highest BCUT2D eigenvalue weighted by atomic mass is 127. The van der Waals surface area contributed by atoms with Crippen LogP contribution in [0.5, 0.6) is 0 Å². The van der Waals surface area contributed by atoms with Gasteiger partial charge in [-0.05, 0) is 77.3 Å². The molecule has 8 nitrogen and oxygen atoms in total. The van der Waals surface area contributed by atoms with Crippen molar-refractivity contribution in [2.24, 2.45) is 0 Å². The number of carbonyl (C=O) groups is 1. The zero-order valence-corrected chi connectivity index (χ0v) is 18.5. The molecular weight excluding hydrogens is 525 g/mol. The van der Waals surface area contributed by atoms with Crippen molar-refractivity contribution in [2.45, 2.75) is 4.90 Å². The standard InChI is InChI=1S/C18H14IN5O3S2/c19-15-5-2-1-4-14(15)16(25)23-18(28)22-12-6-8-13(9-7-12)29(26,27)24-17-20-10-3-11-21-17/h1-11H,(H,20,21,24)(H2,22,23,25,28). The van der Waals surface area contributed by atoms with E-state index in [-0.39, 0.29) is 21.9 Å². The fraction of sp³-hybridized carbons (Fsp3) is 0. The molecule has 0 aliphatic heterocycles. The van der Waals surface area contributed by atoms with E-state index in [1.54, 1.807) is 18.2 Å². The van der Waals surface area contributed by atoms with E-state index in [1.165, 1.54) is 36.7 Å². The van der Waals surface area contributed by atoms with E-state index in [1.807, 2.05) is 12.1 Å². The molecule has 0 saturated carbocycles. The summed E-state index contributed by atoms with van der Waals surface area (Å²) in [6, 6.07) is 14.6. The van der Waals surface area contributed by atoms with Gasteiger partial charge in [0, 0.05) is 21.7 Å². The normalized spacial score (nSPS) is 10.8. The second-order valence-corrected chi connectivity index (χ2v) is 8.84. The Morgan fingerprint density at radius 1 is 0.966 bits per heavy atom. The summed E-state index contributed by atoms with van der Waals surface area (Å²) in [6.07, 6.45) is 2.87. The summed E-state index contributed by atoms with van der Waals surface area (Å²) in [5.41, 5.74) is 1.03. The Bertz CT molecular complexity index is 1140. The molecule has 1 amide bonds. The molecule has 11 heteroatoms. The zero-order valence-electron chi connectivity index (χ0n) is 14.7. The van der Waals surface area contributed by atoms with Gasteiger partial charge in [0.15, 0.2) is 5.11 Å². The quantitative estimate of drug-likeness (QED) is 0.338. The number of rotatable bonds is 5. The molecule has 0 fully saturated rings. The Kier molecular flexibility index (Phi) is 6.71. The van der Waals surface area contributed by atoms with Crippen molar-refractivity contribution in [2.75, 3.05) is 10.0 Å². The molecule has 148 valence electrons. The van der Waals surface area contributed by atoms with Crippen LogP contribution in [0.4, 0.5) is 11.6 Å². The molecule has 2 aromatic carbocycles. The van der Waals surface area contributed by atoms with Crippen LogP contribution in [0.3, 0.4) is 0 Å². The summed E-state index contributed by atoms with van der Waals surface area (Å²) in [4.78, 5) is 20.0. The molecule has 1 heterocycles. The number of halogens is 1. The number of hydrogen-bond acceptors (Lipinski definition) is 6. The lowest BCUT2D eigenvalue weighted by Crippen LogP contribution is -2.34. The Labute approximate surface area is 186 Å². The Balaban J connectivity index is 1.63. The fourth-order valence-corrected chi connectivity index (χ4v) is 4.03. The summed E-state index contributed by atoms with van der Waals surface area (Å²) in [6.45, 7) is 0. The van der Waals surface area contributed by atoms with Crippen LogP contribution in [-0.2, 0) is 10.0 Å². The number of nitrogens with one attached hydrogen (secondary N) is 3. The molecule has 3 N–H and O–H groups in total. The van der Waals surface area contributed by atoms with Gasteiger partial charge >= 0.3 is 0 Å². The van der Waals surface area contributed by atoms with Crippen LogP contribution in [0.15, 0.2) is 71.9 Å². The van der Waals surface area contributed by atoms with Gasteiger partial charge in [-0.25, -0.2) is 23.1 Å². The number of sulfonamides is 1. The third kappa shape index (κ3) is 5.68. The van der Waals surface area contributed by atoms with Gasteiger partial charge in [0.25, 0.3) is 15.9 Å². The second kappa shape index (κ2) is 9.24. The van der Waals surface area contributed by atoms with Crippen molar-refractivity contribution in [3.63, 3.8) is 0 Å². The minimum absolute atomic E-state index is 0.0193. The van der Waals surface area contributed by atoms with Gasteiger partial charge in [-0.15, -0.1) is 0 Å². The van der Waals surface area contributed by atoms with Crippen LogP contribution < -0.4 is 15.4 Å². The van der Waals surface area contributed by atoms with E-state index < -0.39 is 10.0 Å². The monoisotopic (exact) mass is 539 g/mol. The highest BCUT2D eigenvalue weighted by Gasteiger charge is 2.16. The lowest BCUT2D eigenvalue weighted by Gasteiger charge is -2.11. The summed E-state index contributed by atoms with van der Waals surface area (Å²) in [5, 5.41) is 5.54. The molecule has 3 rings (SSSR count). The maximum absolute atomic E-state index is 12.4. The number of thiocarbonyl (C=S) groups is 1. The van der Waals surface area contributed by atoms with E-state index in [9.17, 15) is 13.2 Å². The number of aromatic nitrogens is 2. The largest absolute Gasteiger partial charge is 0.332 e. The molecule has 29 heavy (non-hydrogen) atoms. The zero-order chi connectivity index (χ0) is 20.9. The van der Waals surface area contributed by atoms with Crippen molar-refractivity contribution in [1.29, 1.82) is 0 Å². The molecular formula is C18H14IN5O3S2. The second-order valence-electron chi connectivity index (χ2n) is 5.59. The first-order valence-corrected chi connectivity index (χ1v) is 11.1. The number of anilines is 2. The first-order chi connectivity index (χ1) is 13.8. The topological polar surface area (TPSA) is 113 Å². The van der Waals surface area contributed by atoms with Crippen molar-refractivity contribution in [3.8, 4) is 0 Å². The van der Waals surface area contributed by atoms with Crippen LogP contribution in [0.2, 0.25) is 0 Å². The van der Waals surface area contributed by atoms with Gasteiger partial charge in [0.05, 0.1) is 10.5 Å². The summed E-state index contributed by atoms with van der Waals surface area (Å²) in [7, 11) is -3.82. The van der Waals surface area contributed by atoms with Crippen molar-refractivity contribution in [1.82, 2.24) is 15.3 Å². The Morgan fingerprint density at radius 2 is 1.62 bits per heavy atom. The number of benzene rings is 2. The molecule has 0 aliphatic carbocycles. The minimum atomic E-state index is -3.82. The highest BCUT2D eigenvalue weighted by molar-refractivity contribution is 14.1. The first kappa shape index (κ1) is 21.1. The molecule has 0 saturated heterocycles. The van der Waals surface area contributed by atoms with Crippen LogP contribution in [0.1, 0.15) is 10.4 Å². The number of hydrogen-bond donors (Lipinski definition) is 3. The predicted octanol–water partition coefficient (Wildman–Crippen LogP) is 3.01. The molecule has 0 aliphatic rings. The SMILES string of the molecule is O=C(NC(=S)Nc1ccc(S(=O)(=O)Nc2ncccn2)cc1)c1ccccc1I. The van der Waals surface area contributed by atoms with Crippen LogP contribution in [0, 0.1) is 3.57 Å². The lowest BCUT2D eigenvalue weighted by molar-refractivity contribution is 0.0977. The van der Waals surface area contributed by atoms with Crippen molar-refractivity contribution >= 4 is 67.5 Å². The number of amides is 1. The fourth-order valence-electron chi connectivity index (χ4n) is 2.23. The van der Waals surface area contributed by atoms with Gasteiger partial charge in [-0.2, -0.15) is 0 Å². The third-order valence-corrected chi connectivity index (χ3v) is 6.05. The summed E-state index contributed by atoms with van der Waals surface area (Å²) < 4.78 is 27.8. The minimum Gasteiger partial charge on any atom is -0.332 e. The molecule has 0 unspecified atom stereocenters. The van der Waals surface area contributed by atoms with Gasteiger partial charge in [-0.3, -0.25) is 10.1 Å². The molecule has 0 spiro atoms. The third-order valence-electron chi connectivity index (χ3n) is 3.56. The van der Waals surface area contributed by atoms with Crippen molar-refractivity contribution in [3.05, 3.63) is 76.1 Å². The number of nitrogens with zero attached hydrogens (tertiary/aromatic N) is 2. The van der Waals surface area contributed by atoms with E-state index >= 15 is 0 Å². The van der Waals surface area contributed by atoms with Crippen LogP contribution in [-0.4, -0.2) is 29.4 Å². The Hall–Kier alpha value is -2.64. The smallest absolute Gasteiger partial charge is 0.264 e. The maximum Gasteiger partial charge on any atom is 0.264 e. The molecule has 3 aromatic rings. The van der Waals surface area contributed by atoms with Crippen LogP contribution in [0.25, 0.3) is 0 Å². The molecule has 0 bridgehead atoms. The first-order valence-electron chi connectivity index (χ1n) is 8.12. The van der Waals surface area contributed by atoms with E-state index in [0.717, 1.165) is 3.57 Å². The maximum atomic E-state index is 12.4. The van der Waals surface area contributed by atoms with Gasteiger partial charge < -0.3 is 5.32 Å². The van der Waals surface area contributed by atoms with E-state index in [2.05, 4.69) is 47.9 Å². The molecule has 0 atom stereocenters. The van der Waals surface area contributed by atoms with Gasteiger partial charge in [0.1, 0.15) is 0 Å². The van der Waals surface area contributed by atoms with Crippen LogP contribution >= 0.6 is 34.8 Å². The van der Waals surface area contributed by atoms with Gasteiger partial charge in [0.2, 0.25) is 5.95 Å². The molecule has 1 aromatic heterocycles. The van der Waals surface area contributed by atoms with Crippen molar-refractivity contribution < 1.29 is 13.2 Å². The Morgan fingerprint density at radius 3 is 2.28 bits per heavy atom. The average Bonchev–Trinajstić information content (AvgIpc) is 2.69. The molecule has 0 radical (unpaired) electrons.